The molecule has 0 saturated heterocycles. The topological polar surface area (TPSA) is 41.8 Å². The summed E-state index contributed by atoms with van der Waals surface area (Å²) in [5.74, 6) is 1.70. The second-order valence-corrected chi connectivity index (χ2v) is 6.02. The maximum Gasteiger partial charge on any atom is 0.263 e. The van der Waals surface area contributed by atoms with Gasteiger partial charge >= 0.3 is 0 Å². The number of rotatable bonds is 4. The normalized spacial score (nSPS) is 11.2. The fourth-order valence-electron chi connectivity index (χ4n) is 2.90. The fourth-order valence-corrected chi connectivity index (χ4v) is 2.90. The minimum atomic E-state index is -2.51. The van der Waals surface area contributed by atoms with Gasteiger partial charge in [0.2, 0.25) is 0 Å². The summed E-state index contributed by atoms with van der Waals surface area (Å²) in [6.07, 6.45) is -2.51. The molecule has 0 amide bonds. The van der Waals surface area contributed by atoms with Crippen molar-refractivity contribution in [3.05, 3.63) is 78.0 Å². The van der Waals surface area contributed by atoms with Crippen LogP contribution in [0.15, 0.2) is 71.1 Å². The Kier molecular flexibility index (Phi) is 4.13. The molecule has 3 nitrogen and oxygen atoms in total. The third kappa shape index (κ3) is 3.04. The molecule has 0 fully saturated rings. The van der Waals surface area contributed by atoms with Crippen LogP contribution in [0.2, 0.25) is 0 Å². The average Bonchev–Trinajstić information content (AvgIpc) is 3.29. The molecule has 0 saturated carbocycles. The maximum atomic E-state index is 12.9. The van der Waals surface area contributed by atoms with Crippen molar-refractivity contribution in [2.45, 2.75) is 13.3 Å². The van der Waals surface area contributed by atoms with E-state index < -0.39 is 6.43 Å². The van der Waals surface area contributed by atoms with E-state index in [0.717, 1.165) is 17.0 Å². The van der Waals surface area contributed by atoms with E-state index in [4.69, 9.17) is 4.42 Å². The number of nitrogens with zero attached hydrogens (tertiary/aromatic N) is 1. The number of aromatic amines is 1. The van der Waals surface area contributed by atoms with Crippen LogP contribution in [0, 0.1) is 6.92 Å². The summed E-state index contributed by atoms with van der Waals surface area (Å²) >= 11 is 0. The predicted molar refractivity (Wildman–Crippen MR) is 96.9 cm³/mol. The summed E-state index contributed by atoms with van der Waals surface area (Å²) in [6, 6.07) is 19.6. The summed E-state index contributed by atoms with van der Waals surface area (Å²) in [5, 5.41) is 0. The van der Waals surface area contributed by atoms with Gasteiger partial charge in [-0.3, -0.25) is 0 Å². The zero-order valence-corrected chi connectivity index (χ0v) is 14.0. The first-order valence-electron chi connectivity index (χ1n) is 8.22. The molecule has 0 aliphatic carbocycles. The number of benzene rings is 2. The Labute approximate surface area is 149 Å². The lowest BCUT2D eigenvalue weighted by molar-refractivity contribution is 0.151. The molecule has 0 aliphatic heterocycles. The molecule has 26 heavy (non-hydrogen) atoms. The van der Waals surface area contributed by atoms with E-state index in [1.807, 2.05) is 37.3 Å². The molecular formula is C21H16F2N2O. The Bertz CT molecular complexity index is 1040. The summed E-state index contributed by atoms with van der Waals surface area (Å²) in [6.45, 7) is 1.95. The van der Waals surface area contributed by atoms with Gasteiger partial charge in [0.15, 0.2) is 11.6 Å². The van der Waals surface area contributed by atoms with Gasteiger partial charge < -0.3 is 9.40 Å². The summed E-state index contributed by atoms with van der Waals surface area (Å²) < 4.78 is 31.6. The molecule has 0 aliphatic rings. The van der Waals surface area contributed by atoms with Crippen LogP contribution in [0.25, 0.3) is 34.2 Å². The summed E-state index contributed by atoms with van der Waals surface area (Å²) in [5.41, 5.74) is 3.40. The number of H-pyrrole nitrogens is 1. The van der Waals surface area contributed by atoms with Gasteiger partial charge in [0, 0.05) is 22.4 Å². The van der Waals surface area contributed by atoms with Gasteiger partial charge in [0.05, 0.1) is 5.69 Å². The van der Waals surface area contributed by atoms with Crippen LogP contribution in [0.4, 0.5) is 8.78 Å². The van der Waals surface area contributed by atoms with Crippen LogP contribution in [0.3, 0.4) is 0 Å². The van der Waals surface area contributed by atoms with Crippen molar-refractivity contribution in [1.82, 2.24) is 9.97 Å². The minimum Gasteiger partial charge on any atom is -0.453 e. The molecule has 130 valence electrons. The molecule has 2 aromatic carbocycles. The van der Waals surface area contributed by atoms with Gasteiger partial charge in [0.1, 0.15) is 5.76 Å². The van der Waals surface area contributed by atoms with Crippen LogP contribution >= 0.6 is 0 Å². The molecule has 5 heteroatoms. The Balaban J connectivity index is 1.68. The molecule has 0 spiro atoms. The molecule has 1 N–H and O–H groups in total. The minimum absolute atomic E-state index is 0.0272. The number of aryl methyl sites for hydroxylation is 1. The van der Waals surface area contributed by atoms with Gasteiger partial charge in [-0.25, -0.2) is 13.8 Å². The first-order chi connectivity index (χ1) is 12.6. The maximum absolute atomic E-state index is 12.9. The zero-order chi connectivity index (χ0) is 18.1. The SMILES string of the molecule is Cc1[nH]c(-c2ccc(-c3cccc(C(F)F)c3)o2)nc1-c1ccccc1. The number of furan rings is 1. The third-order valence-corrected chi connectivity index (χ3v) is 4.19. The van der Waals surface area contributed by atoms with Crippen molar-refractivity contribution in [2.75, 3.05) is 0 Å². The molecule has 0 atom stereocenters. The van der Waals surface area contributed by atoms with Gasteiger partial charge in [0.25, 0.3) is 6.43 Å². The molecule has 2 heterocycles. The fraction of sp³-hybridized carbons (Fsp3) is 0.0952. The van der Waals surface area contributed by atoms with E-state index in [1.54, 1.807) is 24.3 Å². The predicted octanol–water partition coefficient (Wildman–Crippen LogP) is 6.25. The monoisotopic (exact) mass is 350 g/mol. The van der Waals surface area contributed by atoms with E-state index in [-0.39, 0.29) is 5.56 Å². The second kappa shape index (κ2) is 6.59. The number of nitrogens with one attached hydrogen (secondary N) is 1. The Morgan fingerprint density at radius 3 is 2.38 bits per heavy atom. The Morgan fingerprint density at radius 1 is 0.885 bits per heavy atom. The van der Waals surface area contributed by atoms with E-state index >= 15 is 0 Å². The lowest BCUT2D eigenvalue weighted by Crippen LogP contribution is -1.84. The molecular weight excluding hydrogens is 334 g/mol. The van der Waals surface area contributed by atoms with Gasteiger partial charge in [-0.2, -0.15) is 0 Å². The van der Waals surface area contributed by atoms with E-state index in [0.29, 0.717) is 22.9 Å². The first-order valence-corrected chi connectivity index (χ1v) is 8.22. The highest BCUT2D eigenvalue weighted by atomic mass is 19.3. The second-order valence-electron chi connectivity index (χ2n) is 6.02. The molecule has 0 bridgehead atoms. The molecule has 2 aromatic heterocycles. The number of hydrogen-bond donors (Lipinski definition) is 1. The van der Waals surface area contributed by atoms with Gasteiger partial charge in [-0.05, 0) is 25.1 Å². The average molecular weight is 350 g/mol. The number of hydrogen-bond acceptors (Lipinski definition) is 2. The van der Waals surface area contributed by atoms with Crippen LogP contribution in [-0.2, 0) is 0 Å². The van der Waals surface area contributed by atoms with Gasteiger partial charge in [-0.15, -0.1) is 0 Å². The van der Waals surface area contributed by atoms with Crippen LogP contribution in [-0.4, -0.2) is 9.97 Å². The highest BCUT2D eigenvalue weighted by molar-refractivity contribution is 5.67. The Hall–Kier alpha value is -3.21. The molecule has 4 aromatic rings. The van der Waals surface area contributed by atoms with Crippen LogP contribution < -0.4 is 0 Å². The van der Waals surface area contributed by atoms with Crippen molar-refractivity contribution < 1.29 is 13.2 Å². The van der Waals surface area contributed by atoms with Crippen molar-refractivity contribution in [1.29, 1.82) is 0 Å². The standard InChI is InChI=1S/C21H16F2N2O/c1-13-19(14-6-3-2-4-7-14)25-21(24-13)18-11-10-17(26-18)15-8-5-9-16(12-15)20(22)23/h2-12,20H,1H3,(H,24,25). The van der Waals surface area contributed by atoms with E-state index in [1.165, 1.54) is 12.1 Å². The number of alkyl halides is 2. The van der Waals surface area contributed by atoms with Crippen molar-refractivity contribution in [2.24, 2.45) is 0 Å². The molecule has 0 radical (unpaired) electrons. The van der Waals surface area contributed by atoms with E-state index in [2.05, 4.69) is 9.97 Å². The van der Waals surface area contributed by atoms with Crippen molar-refractivity contribution in [3.63, 3.8) is 0 Å². The lowest BCUT2D eigenvalue weighted by atomic mass is 10.1. The van der Waals surface area contributed by atoms with Gasteiger partial charge in [-0.1, -0.05) is 48.5 Å². The largest absolute Gasteiger partial charge is 0.453 e. The Morgan fingerprint density at radius 2 is 1.62 bits per heavy atom. The highest BCUT2D eigenvalue weighted by Crippen LogP contribution is 2.31. The third-order valence-electron chi connectivity index (χ3n) is 4.19. The van der Waals surface area contributed by atoms with Crippen LogP contribution in [0.5, 0.6) is 0 Å². The number of aromatic nitrogens is 2. The zero-order valence-electron chi connectivity index (χ0n) is 14.0. The van der Waals surface area contributed by atoms with E-state index in [9.17, 15) is 8.78 Å². The number of imidazole rings is 1. The van der Waals surface area contributed by atoms with Crippen molar-refractivity contribution in [3.8, 4) is 34.2 Å². The number of halogens is 2. The summed E-state index contributed by atoms with van der Waals surface area (Å²) in [4.78, 5) is 7.86. The smallest absolute Gasteiger partial charge is 0.263 e. The summed E-state index contributed by atoms with van der Waals surface area (Å²) in [7, 11) is 0. The lowest BCUT2D eigenvalue weighted by Gasteiger charge is -2.02. The van der Waals surface area contributed by atoms with Crippen LogP contribution in [0.1, 0.15) is 17.7 Å². The highest BCUT2D eigenvalue weighted by Gasteiger charge is 2.15. The molecule has 4 rings (SSSR count). The molecule has 0 unspecified atom stereocenters. The first kappa shape index (κ1) is 16.3. The quantitative estimate of drug-likeness (QED) is 0.473. The van der Waals surface area contributed by atoms with Crippen molar-refractivity contribution >= 4 is 0 Å².